The lowest BCUT2D eigenvalue weighted by Crippen LogP contribution is -2.04. The second kappa shape index (κ2) is 14.0. The molecule has 0 aliphatic heterocycles. The molecule has 0 saturated heterocycles. The fraction of sp³-hybridized carbons (Fsp3) is 0. The SMILES string of the molecule is [2H]c1c([2H])c([2H])c2c(c1[2H])c1c([2H])c([2H])c([2H])c([2H])c1n2-c1cc(-n2c3c([2H])c([2H])c([2H])c([2H])c3c3c([2H])c([2H])c([2H])c([2H])c32)c(Oc2ccc(-c3ccccc3)cc2)cc1Oc1ccc(-c2ccccc2)cc1. The van der Waals surface area contributed by atoms with Crippen molar-refractivity contribution in [1.82, 2.24) is 9.13 Å². The van der Waals surface area contributed by atoms with Crippen molar-refractivity contribution in [3.05, 3.63) is 218 Å². The molecule has 0 atom stereocenters. The fourth-order valence-corrected chi connectivity index (χ4v) is 7.32. The van der Waals surface area contributed by atoms with Gasteiger partial charge in [-0.1, -0.05) is 157 Å². The van der Waals surface area contributed by atoms with E-state index in [0.29, 0.717) is 0 Å². The van der Waals surface area contributed by atoms with Crippen molar-refractivity contribution < 1.29 is 31.4 Å². The standard InChI is InChI=1S/C54H36N2O2/c1-3-15-37(16-4-1)39-27-31-41(32-28-39)57-53-36-54(58-42-33-29-40(30-34-42)38-17-5-2-6-18-38)52(56-49-25-13-9-21-45(49)46-22-10-14-26-50(46)56)35-51(53)55-47-23-11-7-19-43(47)44-20-8-12-24-48(44)55/h1-36H/i7D,8D,9D,10D,11D,12D,13D,14D,19D,20D,21D,22D,23D,24D,25D,26D. The first kappa shape index (κ1) is 20.9. The highest BCUT2D eigenvalue weighted by molar-refractivity contribution is 6.11. The van der Waals surface area contributed by atoms with Gasteiger partial charge in [-0.05, 0) is 76.8 Å². The summed E-state index contributed by atoms with van der Waals surface area (Å²) in [5, 5.41) is -0.957. The summed E-state index contributed by atoms with van der Waals surface area (Å²) in [4.78, 5) is 0. The molecule has 0 amide bonds. The Labute approximate surface area is 358 Å². The quantitative estimate of drug-likeness (QED) is 0.154. The molecule has 0 N–H and O–H groups in total. The summed E-state index contributed by atoms with van der Waals surface area (Å²) in [6.07, 6.45) is 0. The first-order chi connectivity index (χ1) is 35.4. The van der Waals surface area contributed by atoms with Gasteiger partial charge in [0.1, 0.15) is 11.5 Å². The average molecular weight is 761 g/mol. The van der Waals surface area contributed by atoms with Gasteiger partial charge in [-0.15, -0.1) is 0 Å². The van der Waals surface area contributed by atoms with Gasteiger partial charge in [-0.3, -0.25) is 0 Å². The highest BCUT2D eigenvalue weighted by atomic mass is 16.5. The maximum absolute atomic E-state index is 9.40. The molecule has 4 heteroatoms. The summed E-state index contributed by atoms with van der Waals surface area (Å²) >= 11 is 0. The van der Waals surface area contributed by atoms with Gasteiger partial charge in [0.05, 0.1) is 55.4 Å². The molecule has 11 rings (SSSR count). The molecule has 11 aromatic rings. The highest BCUT2D eigenvalue weighted by Gasteiger charge is 2.23. The Morgan fingerprint density at radius 3 is 0.983 bits per heavy atom. The van der Waals surface area contributed by atoms with Crippen LogP contribution in [0.15, 0.2) is 218 Å². The fourth-order valence-electron chi connectivity index (χ4n) is 7.32. The van der Waals surface area contributed by atoms with E-state index in [-0.39, 0.29) is 78.0 Å². The monoisotopic (exact) mass is 760 g/mol. The third-order valence-electron chi connectivity index (χ3n) is 9.97. The lowest BCUT2D eigenvalue weighted by atomic mass is 10.1. The molecule has 58 heavy (non-hydrogen) atoms. The Bertz CT molecular complexity index is 3760. The molecule has 9 aromatic carbocycles. The minimum atomic E-state index is -0.686. The number of ether oxygens (including phenoxy) is 2. The van der Waals surface area contributed by atoms with Gasteiger partial charge < -0.3 is 18.6 Å². The third-order valence-corrected chi connectivity index (χ3v) is 9.97. The lowest BCUT2D eigenvalue weighted by molar-refractivity contribution is 0.458. The highest BCUT2D eigenvalue weighted by Crippen LogP contribution is 2.45. The van der Waals surface area contributed by atoms with Crippen LogP contribution >= 0.6 is 0 Å². The number of nitrogens with zero attached hydrogens (tertiary/aromatic N) is 2. The smallest absolute Gasteiger partial charge is 0.155 e. The maximum Gasteiger partial charge on any atom is 0.155 e. The topological polar surface area (TPSA) is 28.3 Å². The lowest BCUT2D eigenvalue weighted by Gasteiger charge is -2.21. The molecule has 274 valence electrons. The second-order valence-corrected chi connectivity index (χ2v) is 13.3. The van der Waals surface area contributed by atoms with E-state index in [1.807, 2.05) is 84.9 Å². The largest absolute Gasteiger partial charge is 0.455 e. The molecule has 0 aliphatic rings. The zero-order valence-corrected chi connectivity index (χ0v) is 30.3. The van der Waals surface area contributed by atoms with Crippen molar-refractivity contribution in [2.24, 2.45) is 0 Å². The third kappa shape index (κ3) is 5.78. The number of hydrogen-bond donors (Lipinski definition) is 0. The molecule has 0 spiro atoms. The van der Waals surface area contributed by atoms with Crippen LogP contribution < -0.4 is 9.47 Å². The van der Waals surface area contributed by atoms with Gasteiger partial charge in [0.15, 0.2) is 11.5 Å². The van der Waals surface area contributed by atoms with Gasteiger partial charge in [-0.2, -0.15) is 0 Å². The number of benzene rings is 9. The van der Waals surface area contributed by atoms with E-state index in [4.69, 9.17) is 20.4 Å². The van der Waals surface area contributed by atoms with Gasteiger partial charge in [0.2, 0.25) is 0 Å². The minimum Gasteiger partial charge on any atom is -0.455 e. The Morgan fingerprint density at radius 1 is 0.328 bits per heavy atom. The predicted molar refractivity (Wildman–Crippen MR) is 239 cm³/mol. The molecule has 0 radical (unpaired) electrons. The molecule has 0 aliphatic carbocycles. The van der Waals surface area contributed by atoms with Crippen LogP contribution in [-0.2, 0) is 0 Å². The average Bonchev–Trinajstić information content (AvgIpc) is 3.98. The summed E-state index contributed by atoms with van der Waals surface area (Å²) in [5.41, 5.74) is 2.14. The van der Waals surface area contributed by atoms with Crippen molar-refractivity contribution in [1.29, 1.82) is 0 Å². The van der Waals surface area contributed by atoms with E-state index in [0.717, 1.165) is 22.3 Å². The number of para-hydroxylation sites is 4. The van der Waals surface area contributed by atoms with Crippen molar-refractivity contribution in [2.45, 2.75) is 0 Å². The molecule has 0 bridgehead atoms. The van der Waals surface area contributed by atoms with E-state index in [9.17, 15) is 11.0 Å². The Morgan fingerprint density at radius 2 is 0.638 bits per heavy atom. The Kier molecular flexibility index (Phi) is 5.06. The van der Waals surface area contributed by atoms with Gasteiger partial charge in [0, 0.05) is 27.6 Å². The van der Waals surface area contributed by atoms with Crippen LogP contribution in [0.3, 0.4) is 0 Å². The normalized spacial score (nSPS) is 15.3. The number of aromatic nitrogens is 2. The van der Waals surface area contributed by atoms with Crippen molar-refractivity contribution in [3.8, 4) is 56.6 Å². The van der Waals surface area contributed by atoms with Crippen molar-refractivity contribution in [3.63, 3.8) is 0 Å². The summed E-state index contributed by atoms with van der Waals surface area (Å²) in [7, 11) is 0. The van der Waals surface area contributed by atoms with E-state index in [1.54, 1.807) is 24.3 Å². The van der Waals surface area contributed by atoms with Crippen molar-refractivity contribution >= 4 is 43.6 Å². The molecular formula is C54H36N2O2. The molecule has 2 heterocycles. The molecule has 4 nitrogen and oxygen atoms in total. The summed E-state index contributed by atoms with van der Waals surface area (Å²) in [6.45, 7) is 0. The minimum absolute atomic E-state index is 0.111. The van der Waals surface area contributed by atoms with Crippen LogP contribution in [0.2, 0.25) is 0 Å². The Hall–Kier alpha value is -7.82. The Balaban J connectivity index is 1.32. The molecular weight excluding hydrogens is 709 g/mol. The maximum atomic E-state index is 9.40. The molecule has 0 saturated carbocycles. The summed E-state index contributed by atoms with van der Waals surface area (Å²) in [6, 6.07) is 25.6. The molecule has 0 unspecified atom stereocenters. The van der Waals surface area contributed by atoms with Gasteiger partial charge in [0.25, 0.3) is 0 Å². The van der Waals surface area contributed by atoms with Crippen LogP contribution in [0.1, 0.15) is 21.9 Å². The first-order valence-corrected chi connectivity index (χ1v) is 18.3. The number of rotatable bonds is 8. The summed E-state index contributed by atoms with van der Waals surface area (Å²) < 4.78 is 161. The zero-order valence-electron chi connectivity index (χ0n) is 46.3. The van der Waals surface area contributed by atoms with Gasteiger partial charge >= 0.3 is 0 Å². The number of hydrogen-bond acceptors (Lipinski definition) is 2. The van der Waals surface area contributed by atoms with E-state index >= 15 is 0 Å². The van der Waals surface area contributed by atoms with E-state index < -0.39 is 96.7 Å². The van der Waals surface area contributed by atoms with Crippen LogP contribution in [-0.4, -0.2) is 9.13 Å². The van der Waals surface area contributed by atoms with E-state index in [1.165, 1.54) is 21.3 Å². The van der Waals surface area contributed by atoms with E-state index in [2.05, 4.69) is 0 Å². The van der Waals surface area contributed by atoms with Crippen LogP contribution in [0.4, 0.5) is 0 Å². The first-order valence-electron chi connectivity index (χ1n) is 26.3. The van der Waals surface area contributed by atoms with Crippen LogP contribution in [0.25, 0.3) is 77.2 Å². The van der Waals surface area contributed by atoms with Gasteiger partial charge in [-0.25, -0.2) is 0 Å². The molecule has 2 aromatic heterocycles. The molecule has 0 fully saturated rings. The summed E-state index contributed by atoms with van der Waals surface area (Å²) in [5.74, 6) is 0.253. The van der Waals surface area contributed by atoms with Crippen LogP contribution in [0.5, 0.6) is 23.0 Å². The number of fused-ring (bicyclic) bond motifs is 6. The van der Waals surface area contributed by atoms with Crippen LogP contribution in [0, 0.1) is 0 Å². The zero-order chi connectivity index (χ0) is 52.3. The predicted octanol–water partition coefficient (Wildman–Crippen LogP) is 14.8. The second-order valence-electron chi connectivity index (χ2n) is 13.3. The van der Waals surface area contributed by atoms with Crippen molar-refractivity contribution in [2.75, 3.05) is 0 Å².